The second kappa shape index (κ2) is 6.40. The van der Waals surface area contributed by atoms with E-state index in [0.29, 0.717) is 37.7 Å². The molecule has 0 saturated carbocycles. The third kappa shape index (κ3) is 3.26. The van der Waals surface area contributed by atoms with Gasteiger partial charge in [0, 0.05) is 23.8 Å². The van der Waals surface area contributed by atoms with Gasteiger partial charge in [0.1, 0.15) is 12.4 Å². The summed E-state index contributed by atoms with van der Waals surface area (Å²) in [7, 11) is 0. The van der Waals surface area contributed by atoms with Crippen LogP contribution in [0.4, 0.5) is 0 Å². The van der Waals surface area contributed by atoms with E-state index >= 15 is 0 Å². The Morgan fingerprint density at radius 3 is 2.81 bits per heavy atom. The lowest BCUT2D eigenvalue weighted by atomic mass is 9.90. The molecule has 1 amide bonds. The van der Waals surface area contributed by atoms with Crippen LogP contribution in [0.2, 0.25) is 5.02 Å². The largest absolute Gasteiger partial charge is 0.491 e. The Labute approximate surface area is 134 Å². The Balaban J connectivity index is 0.00000161. The average Bonchev–Trinajstić information content (AvgIpc) is 2.82. The predicted molar refractivity (Wildman–Crippen MR) is 82.1 cm³/mol. The van der Waals surface area contributed by atoms with E-state index in [9.17, 15) is 4.79 Å². The van der Waals surface area contributed by atoms with Gasteiger partial charge in [0.2, 0.25) is 5.91 Å². The van der Waals surface area contributed by atoms with Gasteiger partial charge in [-0.2, -0.15) is 0 Å². The molecule has 3 N–H and O–H groups in total. The summed E-state index contributed by atoms with van der Waals surface area (Å²) in [6.45, 7) is 1.45. The molecule has 0 aromatic heterocycles. The molecular weight excluding hydrogens is 315 g/mol. The van der Waals surface area contributed by atoms with Crippen LogP contribution in [0.25, 0.3) is 0 Å². The van der Waals surface area contributed by atoms with Gasteiger partial charge in [0.25, 0.3) is 0 Å². The minimum atomic E-state index is -0.848. The number of ether oxygens (including phenoxy) is 2. The highest BCUT2D eigenvalue weighted by molar-refractivity contribution is 6.30. The van der Waals surface area contributed by atoms with E-state index in [1.165, 1.54) is 0 Å². The fourth-order valence-electron chi connectivity index (χ4n) is 2.57. The van der Waals surface area contributed by atoms with E-state index < -0.39 is 5.54 Å². The first-order valence-corrected chi connectivity index (χ1v) is 7.06. The molecule has 0 radical (unpaired) electrons. The van der Waals surface area contributed by atoms with Crippen LogP contribution in [-0.4, -0.2) is 31.3 Å². The van der Waals surface area contributed by atoms with Crippen molar-refractivity contribution in [2.45, 2.75) is 24.4 Å². The van der Waals surface area contributed by atoms with Gasteiger partial charge < -0.3 is 20.5 Å². The maximum Gasteiger partial charge on any atom is 0.240 e. The highest BCUT2D eigenvalue weighted by Gasteiger charge is 2.38. The highest BCUT2D eigenvalue weighted by atomic mass is 35.5. The number of fused-ring (bicyclic) bond motifs is 1. The number of nitrogens with two attached hydrogens (primary N) is 1. The fourth-order valence-corrected chi connectivity index (χ4v) is 2.75. The van der Waals surface area contributed by atoms with Crippen molar-refractivity contribution < 1.29 is 14.3 Å². The van der Waals surface area contributed by atoms with Crippen molar-refractivity contribution in [2.24, 2.45) is 5.73 Å². The van der Waals surface area contributed by atoms with E-state index in [2.05, 4.69) is 5.32 Å². The van der Waals surface area contributed by atoms with Crippen molar-refractivity contribution in [3.05, 3.63) is 28.8 Å². The van der Waals surface area contributed by atoms with E-state index in [1.807, 2.05) is 12.1 Å². The monoisotopic (exact) mass is 332 g/mol. The van der Waals surface area contributed by atoms with Crippen molar-refractivity contribution in [2.75, 3.05) is 19.8 Å². The number of hydrogen-bond donors (Lipinski definition) is 2. The average molecular weight is 333 g/mol. The standard InChI is InChI=1S/C14H17ClN2O3.ClH/c15-9-1-2-12-10(7-9)11(8-20-12)17-13(18)14(16)3-5-19-6-4-14;/h1-2,7,11H,3-6,8,16H2,(H,17,18);1H. The molecule has 7 heteroatoms. The van der Waals surface area contributed by atoms with Gasteiger partial charge in [0.05, 0.1) is 11.6 Å². The second-order valence-corrected chi connectivity index (χ2v) is 5.72. The molecule has 1 atom stereocenters. The number of amides is 1. The maximum atomic E-state index is 12.4. The van der Waals surface area contributed by atoms with Crippen molar-refractivity contribution in [1.82, 2.24) is 5.32 Å². The molecule has 1 unspecified atom stereocenters. The van der Waals surface area contributed by atoms with Crippen LogP contribution in [0.1, 0.15) is 24.4 Å². The molecular formula is C14H18Cl2N2O3. The van der Waals surface area contributed by atoms with Crippen LogP contribution in [0.5, 0.6) is 5.75 Å². The van der Waals surface area contributed by atoms with E-state index in [4.69, 9.17) is 26.8 Å². The van der Waals surface area contributed by atoms with Gasteiger partial charge in [-0.25, -0.2) is 0 Å². The number of halogens is 2. The zero-order valence-corrected chi connectivity index (χ0v) is 13.0. The molecule has 2 aliphatic rings. The number of rotatable bonds is 2. The molecule has 2 aliphatic heterocycles. The van der Waals surface area contributed by atoms with Gasteiger partial charge in [-0.15, -0.1) is 12.4 Å². The smallest absolute Gasteiger partial charge is 0.240 e. The number of carbonyl (C=O) groups is 1. The van der Waals surface area contributed by atoms with E-state index in [-0.39, 0.29) is 24.4 Å². The number of nitrogens with one attached hydrogen (secondary N) is 1. The van der Waals surface area contributed by atoms with Crippen molar-refractivity contribution in [1.29, 1.82) is 0 Å². The Hall–Kier alpha value is -1.01. The van der Waals surface area contributed by atoms with Gasteiger partial charge in [-0.3, -0.25) is 4.79 Å². The van der Waals surface area contributed by atoms with Gasteiger partial charge >= 0.3 is 0 Å². The second-order valence-electron chi connectivity index (χ2n) is 5.29. The summed E-state index contributed by atoms with van der Waals surface area (Å²) in [5, 5.41) is 3.60. The lowest BCUT2D eigenvalue weighted by molar-refractivity contribution is -0.130. The third-order valence-electron chi connectivity index (χ3n) is 3.90. The lowest BCUT2D eigenvalue weighted by Crippen LogP contribution is -2.57. The molecule has 1 saturated heterocycles. The van der Waals surface area contributed by atoms with Crippen LogP contribution in [0.15, 0.2) is 18.2 Å². The third-order valence-corrected chi connectivity index (χ3v) is 4.13. The molecule has 1 aromatic rings. The molecule has 116 valence electrons. The Bertz CT molecular complexity index is 533. The summed E-state index contributed by atoms with van der Waals surface area (Å²) in [5.41, 5.74) is 6.23. The first-order chi connectivity index (χ1) is 9.58. The lowest BCUT2D eigenvalue weighted by Gasteiger charge is -2.32. The number of carbonyl (C=O) groups excluding carboxylic acids is 1. The predicted octanol–water partition coefficient (Wildman–Crippen LogP) is 1.82. The summed E-state index contributed by atoms with van der Waals surface area (Å²) < 4.78 is 10.8. The minimum Gasteiger partial charge on any atom is -0.491 e. The van der Waals surface area contributed by atoms with Crippen molar-refractivity contribution in [3.63, 3.8) is 0 Å². The van der Waals surface area contributed by atoms with Gasteiger partial charge in [-0.05, 0) is 31.0 Å². The zero-order chi connectivity index (χ0) is 14.2. The Kier molecular flexibility index (Phi) is 4.99. The Morgan fingerprint density at radius 2 is 2.10 bits per heavy atom. The summed E-state index contributed by atoms with van der Waals surface area (Å²) in [6, 6.07) is 5.21. The fraction of sp³-hybridized carbons (Fsp3) is 0.500. The van der Waals surface area contributed by atoms with Gasteiger partial charge in [0.15, 0.2) is 0 Å². The number of hydrogen-bond acceptors (Lipinski definition) is 4. The summed E-state index contributed by atoms with van der Waals surface area (Å²) in [4.78, 5) is 12.4. The molecule has 3 rings (SSSR count). The summed E-state index contributed by atoms with van der Waals surface area (Å²) in [5.74, 6) is 0.611. The quantitative estimate of drug-likeness (QED) is 0.866. The zero-order valence-electron chi connectivity index (χ0n) is 11.4. The van der Waals surface area contributed by atoms with Crippen LogP contribution in [0, 0.1) is 0 Å². The van der Waals surface area contributed by atoms with E-state index in [1.54, 1.807) is 6.07 Å². The summed E-state index contributed by atoms with van der Waals surface area (Å²) in [6.07, 6.45) is 1.07. The molecule has 5 nitrogen and oxygen atoms in total. The summed E-state index contributed by atoms with van der Waals surface area (Å²) >= 11 is 5.99. The van der Waals surface area contributed by atoms with E-state index in [0.717, 1.165) is 11.3 Å². The van der Waals surface area contributed by atoms with Crippen molar-refractivity contribution in [3.8, 4) is 5.75 Å². The first-order valence-electron chi connectivity index (χ1n) is 6.68. The molecule has 21 heavy (non-hydrogen) atoms. The number of benzene rings is 1. The van der Waals surface area contributed by atoms with Crippen LogP contribution in [0.3, 0.4) is 0 Å². The van der Waals surface area contributed by atoms with Crippen LogP contribution in [-0.2, 0) is 9.53 Å². The topological polar surface area (TPSA) is 73.6 Å². The molecule has 1 fully saturated rings. The normalized spacial score (nSPS) is 22.7. The maximum absolute atomic E-state index is 12.4. The molecule has 1 aromatic carbocycles. The molecule has 2 heterocycles. The molecule has 0 bridgehead atoms. The Morgan fingerprint density at radius 1 is 1.38 bits per heavy atom. The van der Waals surface area contributed by atoms with Crippen LogP contribution >= 0.6 is 24.0 Å². The van der Waals surface area contributed by atoms with Crippen molar-refractivity contribution >= 4 is 29.9 Å². The van der Waals surface area contributed by atoms with Gasteiger partial charge in [-0.1, -0.05) is 11.6 Å². The highest BCUT2D eigenvalue weighted by Crippen LogP contribution is 2.34. The van der Waals surface area contributed by atoms with Crippen LogP contribution < -0.4 is 15.8 Å². The first kappa shape index (κ1) is 16.4. The SMILES string of the molecule is Cl.NC1(C(=O)NC2COc3ccc(Cl)cc32)CCOCC1. The minimum absolute atomic E-state index is 0. The molecule has 0 spiro atoms. The molecule has 0 aliphatic carbocycles.